The minimum Gasteiger partial charge on any atom is -0.379 e. The number of carbonyl (C=O) groups excluding carboxylic acids is 3. The fourth-order valence-corrected chi connectivity index (χ4v) is 6.08. The van der Waals surface area contributed by atoms with Gasteiger partial charge in [0.1, 0.15) is 6.04 Å². The smallest absolute Gasteiger partial charge is 0.255 e. The third-order valence-corrected chi connectivity index (χ3v) is 8.45. The lowest BCUT2D eigenvalue weighted by Crippen LogP contribution is -2.52. The summed E-state index contributed by atoms with van der Waals surface area (Å²) < 4.78 is 25.1. The van der Waals surface area contributed by atoms with Crippen molar-refractivity contribution in [2.24, 2.45) is 5.92 Å². The van der Waals surface area contributed by atoms with Crippen LogP contribution in [0.5, 0.6) is 0 Å². The molecule has 1 aromatic rings. The van der Waals surface area contributed by atoms with Gasteiger partial charge in [0.05, 0.1) is 0 Å². The lowest BCUT2D eigenvalue weighted by atomic mass is 9.75. The van der Waals surface area contributed by atoms with Gasteiger partial charge in [0, 0.05) is 54.3 Å². The van der Waals surface area contributed by atoms with Gasteiger partial charge in [-0.15, -0.1) is 0 Å². The van der Waals surface area contributed by atoms with Crippen molar-refractivity contribution >= 4 is 23.4 Å². The number of imide groups is 1. The number of nitrogens with zero attached hydrogens (tertiary/aromatic N) is 1. The molecule has 1 unspecified atom stereocenters. The van der Waals surface area contributed by atoms with Crippen molar-refractivity contribution < 1.29 is 23.2 Å². The minimum absolute atomic E-state index is 0.0935. The summed E-state index contributed by atoms with van der Waals surface area (Å²) in [4.78, 5) is 38.9. The second kappa shape index (κ2) is 10.4. The number of halogens is 2. The normalized spacial score (nSPS) is 28.4. The van der Waals surface area contributed by atoms with E-state index in [9.17, 15) is 23.2 Å². The number of hydrogen-bond acceptors (Lipinski definition) is 5. The van der Waals surface area contributed by atoms with Gasteiger partial charge in [0.2, 0.25) is 18.2 Å². The number of piperidine rings is 1. The number of fused-ring (bicyclic) bond motifs is 1. The highest BCUT2D eigenvalue weighted by Gasteiger charge is 2.42. The van der Waals surface area contributed by atoms with E-state index in [0.717, 1.165) is 49.3 Å². The number of hydrogen-bond donors (Lipinski definition) is 3. The highest BCUT2D eigenvalue weighted by atomic mass is 19.3. The van der Waals surface area contributed by atoms with Gasteiger partial charge in [0.25, 0.3) is 5.91 Å². The molecular weight excluding hydrogens is 466 g/mol. The molecule has 2 aliphatic carbocycles. The van der Waals surface area contributed by atoms with Crippen molar-refractivity contribution in [1.29, 1.82) is 0 Å². The summed E-state index contributed by atoms with van der Waals surface area (Å²) in [5, 5.41) is 9.52. The van der Waals surface area contributed by atoms with Crippen LogP contribution in [0.15, 0.2) is 18.2 Å². The maximum absolute atomic E-state index is 13.2. The van der Waals surface area contributed by atoms with Gasteiger partial charge in [-0.3, -0.25) is 19.7 Å². The zero-order chi connectivity index (χ0) is 25.3. The van der Waals surface area contributed by atoms with Gasteiger partial charge in [0.15, 0.2) is 0 Å². The maximum Gasteiger partial charge on any atom is 0.255 e. The molecule has 196 valence electrons. The molecule has 1 saturated heterocycles. The van der Waals surface area contributed by atoms with Gasteiger partial charge in [-0.25, -0.2) is 8.78 Å². The molecule has 0 aromatic heterocycles. The van der Waals surface area contributed by atoms with Crippen LogP contribution in [0, 0.1) is 5.92 Å². The Bertz CT molecular complexity index is 1000. The second-order valence-corrected chi connectivity index (χ2v) is 11.0. The van der Waals surface area contributed by atoms with Crippen LogP contribution in [-0.4, -0.2) is 53.2 Å². The van der Waals surface area contributed by atoms with Crippen LogP contribution in [0.3, 0.4) is 0 Å². The average Bonchev–Trinajstić information content (AvgIpc) is 3.62. The first-order valence-corrected chi connectivity index (χ1v) is 13.4. The van der Waals surface area contributed by atoms with Gasteiger partial charge in [-0.05, 0) is 63.0 Å². The predicted molar refractivity (Wildman–Crippen MR) is 132 cm³/mol. The molecular formula is C27H36F2N4O3. The Morgan fingerprint density at radius 2 is 1.86 bits per heavy atom. The number of nitrogens with one attached hydrogen (secondary N) is 3. The number of amides is 3. The van der Waals surface area contributed by atoms with E-state index in [1.165, 1.54) is 19.3 Å². The lowest BCUT2D eigenvalue weighted by Gasteiger charge is -2.42. The standard InChI is InChI=1S/C27H36F2N4O3/c28-23(29)11-15-30-18-9-13-27(14-10-18,12-8-17-4-5-17)32-21-3-1-2-19-20(21)16-33(26(19)36)22-6-7-24(34)31-25(22)35/h1-3,17-18,22-23,30,32H,4-16H2,(H,31,34,35). The van der Waals surface area contributed by atoms with Crippen molar-refractivity contribution in [3.63, 3.8) is 0 Å². The summed E-state index contributed by atoms with van der Waals surface area (Å²) in [5.74, 6) is -0.0566. The minimum atomic E-state index is -2.27. The zero-order valence-corrected chi connectivity index (χ0v) is 20.7. The maximum atomic E-state index is 13.2. The zero-order valence-electron chi connectivity index (χ0n) is 20.7. The highest BCUT2D eigenvalue weighted by molar-refractivity contribution is 6.06. The van der Waals surface area contributed by atoms with E-state index in [0.29, 0.717) is 25.1 Å². The Balaban J connectivity index is 1.29. The van der Waals surface area contributed by atoms with E-state index in [-0.39, 0.29) is 36.2 Å². The molecule has 9 heteroatoms. The Morgan fingerprint density at radius 3 is 2.56 bits per heavy atom. The topological polar surface area (TPSA) is 90.5 Å². The van der Waals surface area contributed by atoms with Crippen molar-refractivity contribution in [1.82, 2.24) is 15.5 Å². The summed E-state index contributed by atoms with van der Waals surface area (Å²) >= 11 is 0. The van der Waals surface area contributed by atoms with Gasteiger partial charge < -0.3 is 15.5 Å². The van der Waals surface area contributed by atoms with Crippen LogP contribution in [0.25, 0.3) is 0 Å². The van der Waals surface area contributed by atoms with Gasteiger partial charge in [-0.1, -0.05) is 18.9 Å². The third kappa shape index (κ3) is 5.56. The van der Waals surface area contributed by atoms with Crippen LogP contribution in [0.4, 0.5) is 14.5 Å². The molecule has 36 heavy (non-hydrogen) atoms. The molecule has 7 nitrogen and oxygen atoms in total. The molecule has 3 amide bonds. The predicted octanol–water partition coefficient (Wildman–Crippen LogP) is 3.98. The van der Waals surface area contributed by atoms with E-state index in [1.807, 2.05) is 18.2 Å². The van der Waals surface area contributed by atoms with Gasteiger partial charge in [-0.2, -0.15) is 0 Å². The Labute approximate surface area is 210 Å². The van der Waals surface area contributed by atoms with E-state index < -0.39 is 18.4 Å². The van der Waals surface area contributed by atoms with Crippen LogP contribution in [0.1, 0.15) is 86.6 Å². The SMILES string of the molecule is O=C1CCC(N2Cc3c(NC4(CCC5CC5)CCC(NCCC(F)F)CC4)cccc3C2=O)C(=O)N1. The molecule has 1 aromatic carbocycles. The lowest BCUT2D eigenvalue weighted by molar-refractivity contribution is -0.136. The first-order valence-electron chi connectivity index (χ1n) is 13.4. The van der Waals surface area contributed by atoms with Crippen molar-refractivity contribution in [2.75, 3.05) is 11.9 Å². The van der Waals surface area contributed by atoms with E-state index in [4.69, 9.17) is 0 Å². The van der Waals surface area contributed by atoms with Crippen molar-refractivity contribution in [3.8, 4) is 0 Å². The molecule has 0 bridgehead atoms. The summed E-state index contributed by atoms with van der Waals surface area (Å²) in [6, 6.07) is 5.35. The van der Waals surface area contributed by atoms with Crippen LogP contribution in [-0.2, 0) is 16.1 Å². The number of benzene rings is 1. The van der Waals surface area contributed by atoms with Crippen molar-refractivity contribution in [3.05, 3.63) is 29.3 Å². The van der Waals surface area contributed by atoms with E-state index >= 15 is 0 Å². The highest BCUT2D eigenvalue weighted by Crippen LogP contribution is 2.43. The van der Waals surface area contributed by atoms with E-state index in [1.54, 1.807) is 4.90 Å². The molecule has 0 radical (unpaired) electrons. The van der Waals surface area contributed by atoms with Crippen LogP contribution >= 0.6 is 0 Å². The molecule has 4 aliphatic rings. The van der Waals surface area contributed by atoms with Gasteiger partial charge >= 0.3 is 0 Å². The number of alkyl halides is 2. The Kier molecular flexibility index (Phi) is 7.28. The van der Waals surface area contributed by atoms with Crippen molar-refractivity contribution in [2.45, 2.75) is 101 Å². The largest absolute Gasteiger partial charge is 0.379 e. The monoisotopic (exact) mass is 502 g/mol. The first kappa shape index (κ1) is 25.1. The summed E-state index contributed by atoms with van der Waals surface area (Å²) in [6.45, 7) is 0.690. The fourth-order valence-electron chi connectivity index (χ4n) is 6.08. The average molecular weight is 503 g/mol. The number of carbonyl (C=O) groups is 3. The summed E-state index contributed by atoms with van der Waals surface area (Å²) in [6.07, 6.45) is 6.75. The molecule has 3 N–H and O–H groups in total. The first-order chi connectivity index (χ1) is 17.3. The number of rotatable bonds is 10. The van der Waals surface area contributed by atoms with Crippen LogP contribution < -0.4 is 16.0 Å². The Morgan fingerprint density at radius 1 is 1.08 bits per heavy atom. The molecule has 5 rings (SSSR count). The van der Waals surface area contributed by atoms with Crippen LogP contribution in [0.2, 0.25) is 0 Å². The summed E-state index contributed by atoms with van der Waals surface area (Å²) in [7, 11) is 0. The summed E-state index contributed by atoms with van der Waals surface area (Å²) in [5.41, 5.74) is 2.37. The molecule has 2 saturated carbocycles. The Hall–Kier alpha value is -2.55. The third-order valence-electron chi connectivity index (χ3n) is 8.45. The molecule has 1 atom stereocenters. The molecule has 2 heterocycles. The quantitative estimate of drug-likeness (QED) is 0.421. The van der Waals surface area contributed by atoms with E-state index in [2.05, 4.69) is 16.0 Å². The molecule has 2 aliphatic heterocycles. The second-order valence-electron chi connectivity index (χ2n) is 11.0. The molecule has 3 fully saturated rings. The fraction of sp³-hybridized carbons (Fsp3) is 0.667. The number of anilines is 1. The molecule has 0 spiro atoms.